The summed E-state index contributed by atoms with van der Waals surface area (Å²) in [6.45, 7) is 0. The largest absolute Gasteiger partial charge is 0.341 e. The molecule has 0 unspecified atom stereocenters. The summed E-state index contributed by atoms with van der Waals surface area (Å²) in [5.74, 6) is 0.158. The van der Waals surface area contributed by atoms with Crippen molar-refractivity contribution in [3.8, 4) is 0 Å². The van der Waals surface area contributed by atoms with Crippen molar-refractivity contribution in [3.05, 3.63) is 41.4 Å². The maximum atomic E-state index is 12.0. The zero-order chi connectivity index (χ0) is 14.7. The van der Waals surface area contributed by atoms with Gasteiger partial charge in [-0.05, 0) is 28.1 Å². The van der Waals surface area contributed by atoms with E-state index in [2.05, 4.69) is 41.2 Å². The Hall–Kier alpha value is -1.93. The maximum absolute atomic E-state index is 12.0. The molecule has 0 atom stereocenters. The molecule has 2 aromatic heterocycles. The number of H-pyrrole nitrogens is 1. The minimum atomic E-state index is -0.0989. The van der Waals surface area contributed by atoms with Crippen molar-refractivity contribution in [3.63, 3.8) is 0 Å². The maximum Gasteiger partial charge on any atom is 0.234 e. The van der Waals surface area contributed by atoms with E-state index < -0.39 is 0 Å². The first-order chi connectivity index (χ1) is 10.2. The summed E-state index contributed by atoms with van der Waals surface area (Å²) in [6, 6.07) is 7.47. The van der Waals surface area contributed by atoms with Gasteiger partial charge in [0.1, 0.15) is 16.9 Å². The fourth-order valence-electron chi connectivity index (χ4n) is 1.74. The lowest BCUT2D eigenvalue weighted by Gasteiger charge is -2.06. The SMILES string of the molecule is O=C(CSc1ncnc2nc[nH]c12)Nc1ccccc1Br. The first-order valence-electron chi connectivity index (χ1n) is 6.05. The number of aromatic amines is 1. The number of nitrogens with one attached hydrogen (secondary N) is 2. The van der Waals surface area contributed by atoms with Crippen LogP contribution in [-0.4, -0.2) is 31.6 Å². The molecule has 0 aliphatic heterocycles. The summed E-state index contributed by atoms with van der Waals surface area (Å²) in [7, 11) is 0. The van der Waals surface area contributed by atoms with Gasteiger partial charge < -0.3 is 10.3 Å². The molecule has 1 amide bonds. The molecule has 106 valence electrons. The molecule has 2 heterocycles. The molecule has 3 aromatic rings. The van der Waals surface area contributed by atoms with E-state index in [1.54, 1.807) is 6.33 Å². The number of benzene rings is 1. The third-order valence-electron chi connectivity index (χ3n) is 2.68. The van der Waals surface area contributed by atoms with E-state index in [0.717, 1.165) is 15.7 Å². The number of hydrogen-bond donors (Lipinski definition) is 2. The Balaban J connectivity index is 1.66. The van der Waals surface area contributed by atoms with Crippen LogP contribution in [0.25, 0.3) is 11.2 Å². The quantitative estimate of drug-likeness (QED) is 0.549. The minimum absolute atomic E-state index is 0.0989. The Morgan fingerprint density at radius 3 is 3.00 bits per heavy atom. The van der Waals surface area contributed by atoms with E-state index in [1.807, 2.05) is 24.3 Å². The minimum Gasteiger partial charge on any atom is -0.341 e. The lowest BCUT2D eigenvalue weighted by molar-refractivity contribution is -0.113. The van der Waals surface area contributed by atoms with Crippen molar-refractivity contribution in [2.75, 3.05) is 11.1 Å². The number of nitrogens with zero attached hydrogens (tertiary/aromatic N) is 3. The van der Waals surface area contributed by atoms with E-state index in [9.17, 15) is 4.79 Å². The van der Waals surface area contributed by atoms with Crippen LogP contribution in [0.1, 0.15) is 0 Å². The van der Waals surface area contributed by atoms with Gasteiger partial charge in [-0.1, -0.05) is 23.9 Å². The van der Waals surface area contributed by atoms with E-state index in [1.165, 1.54) is 18.1 Å². The number of fused-ring (bicyclic) bond motifs is 1. The predicted octanol–water partition coefficient (Wildman–Crippen LogP) is 2.85. The number of carbonyl (C=O) groups is 1. The van der Waals surface area contributed by atoms with Crippen LogP contribution in [0.5, 0.6) is 0 Å². The second kappa shape index (κ2) is 6.23. The van der Waals surface area contributed by atoms with Gasteiger partial charge in [-0.15, -0.1) is 0 Å². The van der Waals surface area contributed by atoms with Crippen LogP contribution in [0.15, 0.2) is 46.4 Å². The topological polar surface area (TPSA) is 83.6 Å². The van der Waals surface area contributed by atoms with Gasteiger partial charge in [0, 0.05) is 4.47 Å². The molecule has 3 rings (SSSR count). The van der Waals surface area contributed by atoms with Crippen molar-refractivity contribution >= 4 is 50.5 Å². The van der Waals surface area contributed by atoms with Crippen LogP contribution in [0.4, 0.5) is 5.69 Å². The first kappa shape index (κ1) is 14.0. The zero-order valence-corrected chi connectivity index (χ0v) is 13.1. The molecule has 2 N–H and O–H groups in total. The fraction of sp³-hybridized carbons (Fsp3) is 0.0769. The second-order valence-corrected chi connectivity index (χ2v) is 5.92. The number of amides is 1. The zero-order valence-electron chi connectivity index (χ0n) is 10.7. The molecule has 0 radical (unpaired) electrons. The van der Waals surface area contributed by atoms with Gasteiger partial charge in [0.05, 0.1) is 17.8 Å². The van der Waals surface area contributed by atoms with Crippen LogP contribution < -0.4 is 5.32 Å². The van der Waals surface area contributed by atoms with Gasteiger partial charge in [-0.3, -0.25) is 4.79 Å². The second-order valence-electron chi connectivity index (χ2n) is 4.10. The first-order valence-corrected chi connectivity index (χ1v) is 7.83. The molecule has 0 aliphatic carbocycles. The Kier molecular flexibility index (Phi) is 4.16. The number of carbonyl (C=O) groups excluding carboxylic acids is 1. The molecule has 6 nitrogen and oxygen atoms in total. The number of rotatable bonds is 4. The number of anilines is 1. The van der Waals surface area contributed by atoms with E-state index in [4.69, 9.17) is 0 Å². The highest BCUT2D eigenvalue weighted by Crippen LogP contribution is 2.24. The predicted molar refractivity (Wildman–Crippen MR) is 85.2 cm³/mol. The summed E-state index contributed by atoms with van der Waals surface area (Å²) in [5.41, 5.74) is 2.09. The van der Waals surface area contributed by atoms with Crippen molar-refractivity contribution in [2.24, 2.45) is 0 Å². The highest BCUT2D eigenvalue weighted by Gasteiger charge is 2.10. The molecule has 0 saturated heterocycles. The highest BCUT2D eigenvalue weighted by molar-refractivity contribution is 9.10. The Morgan fingerprint density at radius 2 is 2.14 bits per heavy atom. The van der Waals surface area contributed by atoms with Crippen LogP contribution in [-0.2, 0) is 4.79 Å². The molecule has 8 heteroatoms. The van der Waals surface area contributed by atoms with Gasteiger partial charge in [0.15, 0.2) is 5.65 Å². The molecule has 0 bridgehead atoms. The van der Waals surface area contributed by atoms with Gasteiger partial charge in [0.2, 0.25) is 5.91 Å². The number of aromatic nitrogens is 4. The average molecular weight is 364 g/mol. The molecule has 0 fully saturated rings. The van der Waals surface area contributed by atoms with E-state index >= 15 is 0 Å². The molecular formula is C13H10BrN5OS. The number of halogens is 1. The monoisotopic (exact) mass is 363 g/mol. The van der Waals surface area contributed by atoms with Crippen LogP contribution in [0, 0.1) is 0 Å². The molecule has 21 heavy (non-hydrogen) atoms. The van der Waals surface area contributed by atoms with E-state index in [0.29, 0.717) is 10.7 Å². The van der Waals surface area contributed by atoms with Gasteiger partial charge in [-0.25, -0.2) is 15.0 Å². The number of thioether (sulfide) groups is 1. The third-order valence-corrected chi connectivity index (χ3v) is 4.36. The lowest BCUT2D eigenvalue weighted by Crippen LogP contribution is -2.14. The van der Waals surface area contributed by atoms with Gasteiger partial charge in [0.25, 0.3) is 0 Å². The number of hydrogen-bond acceptors (Lipinski definition) is 5. The lowest BCUT2D eigenvalue weighted by atomic mass is 10.3. The summed E-state index contributed by atoms with van der Waals surface area (Å²) >= 11 is 4.73. The van der Waals surface area contributed by atoms with Crippen molar-refractivity contribution in [1.29, 1.82) is 0 Å². The summed E-state index contributed by atoms with van der Waals surface area (Å²) < 4.78 is 0.848. The van der Waals surface area contributed by atoms with Gasteiger partial charge >= 0.3 is 0 Å². The van der Waals surface area contributed by atoms with Crippen LogP contribution in [0.3, 0.4) is 0 Å². The third kappa shape index (κ3) is 3.22. The van der Waals surface area contributed by atoms with Crippen molar-refractivity contribution in [1.82, 2.24) is 19.9 Å². The van der Waals surface area contributed by atoms with Crippen LogP contribution in [0.2, 0.25) is 0 Å². The van der Waals surface area contributed by atoms with Crippen molar-refractivity contribution < 1.29 is 4.79 Å². The number of para-hydroxylation sites is 1. The Bertz CT molecular complexity index is 791. The standard InChI is InChI=1S/C13H10BrN5OS/c14-8-3-1-2-4-9(8)19-10(20)5-21-13-11-12(16-6-15-11)17-7-18-13/h1-4,6-7H,5H2,(H,19,20)(H,15,16,17,18). The summed E-state index contributed by atoms with van der Waals surface area (Å²) in [6.07, 6.45) is 3.00. The molecule has 0 saturated carbocycles. The summed E-state index contributed by atoms with van der Waals surface area (Å²) in [5, 5.41) is 3.55. The highest BCUT2D eigenvalue weighted by atomic mass is 79.9. The van der Waals surface area contributed by atoms with Crippen LogP contribution >= 0.6 is 27.7 Å². The van der Waals surface area contributed by atoms with Crippen molar-refractivity contribution in [2.45, 2.75) is 5.03 Å². The van der Waals surface area contributed by atoms with Gasteiger partial charge in [-0.2, -0.15) is 0 Å². The molecule has 1 aromatic carbocycles. The average Bonchev–Trinajstić information content (AvgIpc) is 2.96. The number of imidazole rings is 1. The molecule has 0 aliphatic rings. The molecular weight excluding hydrogens is 354 g/mol. The Morgan fingerprint density at radius 1 is 1.29 bits per heavy atom. The molecule has 0 spiro atoms. The Labute approximate surface area is 132 Å². The van der Waals surface area contributed by atoms with E-state index in [-0.39, 0.29) is 11.7 Å². The normalized spacial score (nSPS) is 10.7. The smallest absolute Gasteiger partial charge is 0.234 e. The fourth-order valence-corrected chi connectivity index (χ4v) is 2.88. The summed E-state index contributed by atoms with van der Waals surface area (Å²) in [4.78, 5) is 27.2.